The van der Waals surface area contributed by atoms with Crippen LogP contribution in [0.25, 0.3) is 0 Å². The van der Waals surface area contributed by atoms with Crippen LogP contribution in [0.2, 0.25) is 0 Å². The Labute approximate surface area is 116 Å². The van der Waals surface area contributed by atoms with Gasteiger partial charge in [0.1, 0.15) is 12.4 Å². The Kier molecular flexibility index (Phi) is 3.83. The summed E-state index contributed by atoms with van der Waals surface area (Å²) in [4.78, 5) is 24.3. The Morgan fingerprint density at radius 2 is 2.20 bits per heavy atom. The van der Waals surface area contributed by atoms with Crippen LogP contribution in [0.4, 0.5) is 4.79 Å². The van der Waals surface area contributed by atoms with E-state index >= 15 is 0 Å². The molecule has 1 unspecified atom stereocenters. The number of carbonyl (C=O) groups is 2. The van der Waals surface area contributed by atoms with Gasteiger partial charge in [-0.3, -0.25) is 9.69 Å². The van der Waals surface area contributed by atoms with Crippen LogP contribution in [0.1, 0.15) is 18.9 Å². The van der Waals surface area contributed by atoms with Crippen molar-refractivity contribution in [2.75, 3.05) is 13.7 Å². The monoisotopic (exact) mass is 279 g/mol. The molecule has 108 valence electrons. The average Bonchev–Trinajstić information content (AvgIpc) is 2.67. The van der Waals surface area contributed by atoms with Gasteiger partial charge < -0.3 is 14.6 Å². The third-order valence-corrected chi connectivity index (χ3v) is 3.43. The third-order valence-electron chi connectivity index (χ3n) is 3.43. The maximum absolute atomic E-state index is 11.8. The van der Waals surface area contributed by atoms with E-state index in [2.05, 4.69) is 0 Å². The van der Waals surface area contributed by atoms with Crippen LogP contribution in [0, 0.1) is 0 Å². The van der Waals surface area contributed by atoms with Crippen molar-refractivity contribution >= 4 is 12.1 Å². The first-order valence-electron chi connectivity index (χ1n) is 6.24. The summed E-state index contributed by atoms with van der Waals surface area (Å²) in [5, 5.41) is 8.99. The fourth-order valence-electron chi connectivity index (χ4n) is 2.33. The molecule has 6 nitrogen and oxygen atoms in total. The second-order valence-corrected chi connectivity index (χ2v) is 5.02. The molecule has 1 aliphatic heterocycles. The molecular weight excluding hydrogens is 262 g/mol. The number of carbonyl (C=O) groups excluding carboxylic acids is 1. The van der Waals surface area contributed by atoms with Crippen molar-refractivity contribution in [3.05, 3.63) is 29.8 Å². The van der Waals surface area contributed by atoms with Crippen LogP contribution in [-0.2, 0) is 16.1 Å². The van der Waals surface area contributed by atoms with Gasteiger partial charge >= 0.3 is 12.1 Å². The molecule has 1 amide bonds. The van der Waals surface area contributed by atoms with Crippen LogP contribution in [-0.4, -0.2) is 41.3 Å². The minimum absolute atomic E-state index is 0.0767. The summed E-state index contributed by atoms with van der Waals surface area (Å²) in [6, 6.07) is 7.31. The van der Waals surface area contributed by atoms with E-state index in [4.69, 9.17) is 14.6 Å². The highest BCUT2D eigenvalue weighted by Gasteiger charge is 2.45. The first-order valence-corrected chi connectivity index (χ1v) is 6.24. The lowest BCUT2D eigenvalue weighted by molar-refractivity contribution is -0.139. The summed E-state index contributed by atoms with van der Waals surface area (Å²) in [5.41, 5.74) is -0.0329. The largest absolute Gasteiger partial charge is 0.496 e. The topological polar surface area (TPSA) is 76.1 Å². The zero-order chi connectivity index (χ0) is 14.8. The lowest BCUT2D eigenvalue weighted by Crippen LogP contribution is -2.45. The first kappa shape index (κ1) is 14.2. The number of benzene rings is 1. The van der Waals surface area contributed by atoms with E-state index in [1.54, 1.807) is 20.1 Å². The van der Waals surface area contributed by atoms with Gasteiger partial charge in [-0.1, -0.05) is 18.2 Å². The van der Waals surface area contributed by atoms with E-state index in [1.807, 2.05) is 18.2 Å². The van der Waals surface area contributed by atoms with E-state index in [-0.39, 0.29) is 19.6 Å². The van der Waals surface area contributed by atoms with Crippen molar-refractivity contribution in [3.63, 3.8) is 0 Å². The number of amides is 1. The molecule has 0 bridgehead atoms. The molecule has 1 N–H and O–H groups in total. The number of cyclic esters (lactones) is 1. The molecule has 1 atom stereocenters. The summed E-state index contributed by atoms with van der Waals surface area (Å²) in [6.45, 7) is 2.04. The zero-order valence-electron chi connectivity index (χ0n) is 11.5. The molecule has 20 heavy (non-hydrogen) atoms. The van der Waals surface area contributed by atoms with Crippen LogP contribution >= 0.6 is 0 Å². The predicted octanol–water partition coefficient (Wildman–Crippen LogP) is 1.88. The standard InChI is InChI=1S/C14H17NO5/c1-14(7-12(16)17)9-20-13(18)15(14)8-10-5-3-4-6-11(10)19-2/h3-6H,7-9H2,1-2H3,(H,16,17). The number of hydrogen-bond acceptors (Lipinski definition) is 4. The fourth-order valence-corrected chi connectivity index (χ4v) is 2.33. The maximum Gasteiger partial charge on any atom is 0.410 e. The molecule has 0 spiro atoms. The summed E-state index contributed by atoms with van der Waals surface area (Å²) in [5.74, 6) is -0.305. The molecular formula is C14H17NO5. The Hall–Kier alpha value is -2.24. The second-order valence-electron chi connectivity index (χ2n) is 5.02. The van der Waals surface area contributed by atoms with Crippen LogP contribution in [0.3, 0.4) is 0 Å². The van der Waals surface area contributed by atoms with Gasteiger partial charge in [-0.25, -0.2) is 4.79 Å². The number of carboxylic acid groups (broad SMARTS) is 1. The summed E-state index contributed by atoms with van der Waals surface area (Å²) in [6.07, 6.45) is -0.659. The molecule has 1 aromatic carbocycles. The first-order chi connectivity index (χ1) is 9.46. The Morgan fingerprint density at radius 3 is 2.85 bits per heavy atom. The highest BCUT2D eigenvalue weighted by Crippen LogP contribution is 2.31. The molecule has 1 fully saturated rings. The molecule has 1 aliphatic rings. The number of ether oxygens (including phenoxy) is 2. The van der Waals surface area contributed by atoms with E-state index in [1.165, 1.54) is 4.90 Å². The quantitative estimate of drug-likeness (QED) is 0.890. The highest BCUT2D eigenvalue weighted by atomic mass is 16.6. The number of rotatable bonds is 5. The van der Waals surface area contributed by atoms with Crippen molar-refractivity contribution in [2.45, 2.75) is 25.4 Å². The molecule has 0 aliphatic carbocycles. The lowest BCUT2D eigenvalue weighted by Gasteiger charge is -2.30. The molecule has 1 saturated heterocycles. The number of nitrogens with zero attached hydrogens (tertiary/aromatic N) is 1. The molecule has 1 heterocycles. The van der Waals surface area contributed by atoms with Crippen molar-refractivity contribution in [3.8, 4) is 5.75 Å². The van der Waals surface area contributed by atoms with Crippen molar-refractivity contribution in [1.82, 2.24) is 4.90 Å². The van der Waals surface area contributed by atoms with Gasteiger partial charge in [0.15, 0.2) is 0 Å². The number of para-hydroxylation sites is 1. The van der Waals surface area contributed by atoms with Crippen molar-refractivity contribution < 1.29 is 24.2 Å². The van der Waals surface area contributed by atoms with E-state index in [0.29, 0.717) is 5.75 Å². The normalized spacial score (nSPS) is 21.7. The van der Waals surface area contributed by atoms with E-state index in [9.17, 15) is 9.59 Å². The van der Waals surface area contributed by atoms with E-state index in [0.717, 1.165) is 5.56 Å². The number of hydrogen-bond donors (Lipinski definition) is 1. The summed E-state index contributed by atoms with van der Waals surface area (Å²) in [7, 11) is 1.55. The average molecular weight is 279 g/mol. The van der Waals surface area contributed by atoms with Gasteiger partial charge in [-0.2, -0.15) is 0 Å². The predicted molar refractivity (Wildman–Crippen MR) is 70.5 cm³/mol. The van der Waals surface area contributed by atoms with Crippen LogP contribution in [0.15, 0.2) is 24.3 Å². The Balaban J connectivity index is 2.25. The fraction of sp³-hybridized carbons (Fsp3) is 0.429. The summed E-state index contributed by atoms with van der Waals surface area (Å²) >= 11 is 0. The minimum Gasteiger partial charge on any atom is -0.496 e. The number of methoxy groups -OCH3 is 1. The highest BCUT2D eigenvalue weighted by molar-refractivity contribution is 5.75. The molecule has 2 rings (SSSR count). The van der Waals surface area contributed by atoms with Gasteiger partial charge in [0.2, 0.25) is 0 Å². The second kappa shape index (κ2) is 5.40. The van der Waals surface area contributed by atoms with Gasteiger partial charge in [0.05, 0.1) is 25.6 Å². The van der Waals surface area contributed by atoms with Gasteiger partial charge in [-0.05, 0) is 13.0 Å². The SMILES string of the molecule is COc1ccccc1CN1C(=O)OCC1(C)CC(=O)O. The lowest BCUT2D eigenvalue weighted by atomic mass is 9.97. The van der Waals surface area contributed by atoms with Crippen molar-refractivity contribution in [1.29, 1.82) is 0 Å². The summed E-state index contributed by atoms with van der Waals surface area (Å²) < 4.78 is 10.3. The van der Waals surface area contributed by atoms with Crippen LogP contribution < -0.4 is 4.74 Å². The van der Waals surface area contributed by atoms with Gasteiger partial charge in [-0.15, -0.1) is 0 Å². The van der Waals surface area contributed by atoms with Gasteiger partial charge in [0.25, 0.3) is 0 Å². The minimum atomic E-state index is -0.962. The molecule has 0 saturated carbocycles. The van der Waals surface area contributed by atoms with Crippen LogP contribution in [0.5, 0.6) is 5.75 Å². The van der Waals surface area contributed by atoms with Crippen molar-refractivity contribution in [2.24, 2.45) is 0 Å². The molecule has 1 aromatic rings. The Morgan fingerprint density at radius 1 is 1.50 bits per heavy atom. The third kappa shape index (κ3) is 2.68. The molecule has 6 heteroatoms. The van der Waals surface area contributed by atoms with Gasteiger partial charge in [0, 0.05) is 5.56 Å². The number of aliphatic carboxylic acids is 1. The maximum atomic E-state index is 11.8. The van der Waals surface area contributed by atoms with E-state index < -0.39 is 17.6 Å². The Bertz CT molecular complexity index is 530. The molecule has 0 radical (unpaired) electrons. The smallest absolute Gasteiger partial charge is 0.410 e. The molecule has 0 aromatic heterocycles. The zero-order valence-corrected chi connectivity index (χ0v) is 11.5. The number of carboxylic acids is 1.